The zero-order valence-electron chi connectivity index (χ0n) is 18.5. The topological polar surface area (TPSA) is 110 Å². The Morgan fingerprint density at radius 3 is 2.94 bits per heavy atom. The summed E-state index contributed by atoms with van der Waals surface area (Å²) in [5, 5.41) is 15.2. The molecule has 2 amide bonds. The second kappa shape index (κ2) is 7.85. The molecular formula is C26H23N3O5. The largest absolute Gasteiger partial charge is 0.487 e. The fourth-order valence-corrected chi connectivity index (χ4v) is 4.81. The van der Waals surface area contributed by atoms with E-state index >= 15 is 0 Å². The van der Waals surface area contributed by atoms with Gasteiger partial charge in [0.15, 0.2) is 0 Å². The first-order chi connectivity index (χ1) is 16.5. The zero-order chi connectivity index (χ0) is 23.4. The number of aliphatic hydroxyl groups excluding tert-OH is 1. The van der Waals surface area contributed by atoms with Crippen LogP contribution in [0.1, 0.15) is 45.0 Å². The summed E-state index contributed by atoms with van der Waals surface area (Å²) < 4.78 is 12.2. The van der Waals surface area contributed by atoms with Gasteiger partial charge in [-0.3, -0.25) is 9.59 Å². The molecule has 2 aromatic carbocycles. The molecule has 3 atom stereocenters. The summed E-state index contributed by atoms with van der Waals surface area (Å²) in [5.41, 5.74) is 4.15. The van der Waals surface area contributed by atoms with E-state index in [1.54, 1.807) is 30.5 Å². The van der Waals surface area contributed by atoms with Crippen molar-refractivity contribution >= 4 is 17.6 Å². The highest BCUT2D eigenvalue weighted by Gasteiger charge is 2.59. The summed E-state index contributed by atoms with van der Waals surface area (Å²) in [5.74, 6) is 2.56. The number of carbonyl (C=O) groups excluding carboxylic acids is 2. The number of nitrogens with zero attached hydrogens (tertiary/aromatic N) is 1. The Labute approximate surface area is 195 Å². The van der Waals surface area contributed by atoms with E-state index in [1.807, 2.05) is 25.1 Å². The standard InChI is InChI=1S/C26H23N3O5/c1-13-10-14(2-3-15(13)12-30)26(32)29-23-22-18-11-16(4-6-19(18)34-24(22)23)33-20-8-9-27-25-17(20)5-7-21(31)28-25/h2-4,6,8-11,22-24,30H,5,7,12H2,1H3,(H,29,32)(H,27,28,31). The van der Waals surface area contributed by atoms with Crippen LogP contribution in [-0.2, 0) is 17.8 Å². The van der Waals surface area contributed by atoms with Crippen molar-refractivity contribution in [3.05, 3.63) is 76.5 Å². The average molecular weight is 457 g/mol. The number of carbonyl (C=O) groups is 2. The molecule has 0 radical (unpaired) electrons. The van der Waals surface area contributed by atoms with Gasteiger partial charge in [-0.1, -0.05) is 6.07 Å². The van der Waals surface area contributed by atoms with Gasteiger partial charge in [-0.25, -0.2) is 4.98 Å². The molecule has 0 saturated heterocycles. The minimum atomic E-state index is -0.157. The number of anilines is 1. The zero-order valence-corrected chi connectivity index (χ0v) is 18.5. The molecular weight excluding hydrogens is 434 g/mol. The maximum absolute atomic E-state index is 12.8. The number of aromatic nitrogens is 1. The normalized spacial score (nSPS) is 21.5. The summed E-state index contributed by atoms with van der Waals surface area (Å²) in [7, 11) is 0. The van der Waals surface area contributed by atoms with Crippen LogP contribution in [0.25, 0.3) is 0 Å². The Bertz CT molecular complexity index is 1340. The highest BCUT2D eigenvalue weighted by atomic mass is 16.5. The van der Waals surface area contributed by atoms with Crippen LogP contribution in [0.3, 0.4) is 0 Å². The highest BCUT2D eigenvalue weighted by Crippen LogP contribution is 2.54. The molecule has 3 heterocycles. The van der Waals surface area contributed by atoms with Gasteiger partial charge in [-0.05, 0) is 60.9 Å². The molecule has 3 aromatic rings. The Morgan fingerprint density at radius 2 is 2.12 bits per heavy atom. The van der Waals surface area contributed by atoms with Crippen LogP contribution in [0.15, 0.2) is 48.7 Å². The van der Waals surface area contributed by atoms with Gasteiger partial charge in [-0.15, -0.1) is 0 Å². The Kier molecular flexibility index (Phi) is 4.77. The Balaban J connectivity index is 1.18. The molecule has 3 unspecified atom stereocenters. The summed E-state index contributed by atoms with van der Waals surface area (Å²) in [6.45, 7) is 1.83. The number of benzene rings is 2. The van der Waals surface area contributed by atoms with Gasteiger partial charge in [0.1, 0.15) is 29.2 Å². The third kappa shape index (κ3) is 3.47. The van der Waals surface area contributed by atoms with Gasteiger partial charge >= 0.3 is 0 Å². The summed E-state index contributed by atoms with van der Waals surface area (Å²) in [6.07, 6.45) is 2.51. The second-order valence-corrected chi connectivity index (χ2v) is 8.89. The van der Waals surface area contributed by atoms with Crippen LogP contribution in [0.5, 0.6) is 17.2 Å². The molecule has 1 aromatic heterocycles. The monoisotopic (exact) mass is 457 g/mol. The van der Waals surface area contributed by atoms with Crippen LogP contribution in [0.4, 0.5) is 5.82 Å². The van der Waals surface area contributed by atoms with E-state index in [9.17, 15) is 14.7 Å². The first kappa shape index (κ1) is 20.7. The summed E-state index contributed by atoms with van der Waals surface area (Å²) in [6, 6.07) is 12.7. The molecule has 3 N–H and O–H groups in total. The van der Waals surface area contributed by atoms with E-state index in [-0.39, 0.29) is 36.5 Å². The minimum absolute atomic E-state index is 0.0424. The van der Waals surface area contributed by atoms with Crippen LogP contribution in [0.2, 0.25) is 0 Å². The lowest BCUT2D eigenvalue weighted by Gasteiger charge is -2.19. The van der Waals surface area contributed by atoms with E-state index in [0.29, 0.717) is 35.7 Å². The maximum Gasteiger partial charge on any atom is 0.251 e. The van der Waals surface area contributed by atoms with Crippen molar-refractivity contribution < 1.29 is 24.2 Å². The lowest BCUT2D eigenvalue weighted by atomic mass is 10.0. The number of nitrogens with one attached hydrogen (secondary N) is 2. The summed E-state index contributed by atoms with van der Waals surface area (Å²) >= 11 is 0. The Morgan fingerprint density at radius 1 is 1.24 bits per heavy atom. The fourth-order valence-electron chi connectivity index (χ4n) is 4.81. The molecule has 172 valence electrons. The van der Waals surface area contributed by atoms with Gasteiger partial charge in [0.05, 0.1) is 18.6 Å². The fraction of sp³-hybridized carbons (Fsp3) is 0.269. The van der Waals surface area contributed by atoms with E-state index < -0.39 is 0 Å². The van der Waals surface area contributed by atoms with Crippen molar-refractivity contribution in [3.63, 3.8) is 0 Å². The number of rotatable bonds is 5. The van der Waals surface area contributed by atoms with Crippen molar-refractivity contribution in [2.75, 3.05) is 5.32 Å². The van der Waals surface area contributed by atoms with Crippen molar-refractivity contribution in [3.8, 4) is 17.2 Å². The molecule has 34 heavy (non-hydrogen) atoms. The molecule has 2 aliphatic heterocycles. The molecule has 8 nitrogen and oxygen atoms in total. The average Bonchev–Trinajstić information content (AvgIpc) is 3.35. The maximum atomic E-state index is 12.8. The van der Waals surface area contributed by atoms with E-state index in [0.717, 1.165) is 28.0 Å². The van der Waals surface area contributed by atoms with Crippen LogP contribution >= 0.6 is 0 Å². The van der Waals surface area contributed by atoms with Gasteiger partial charge in [0.2, 0.25) is 5.91 Å². The molecule has 0 spiro atoms. The van der Waals surface area contributed by atoms with E-state index in [4.69, 9.17) is 9.47 Å². The summed E-state index contributed by atoms with van der Waals surface area (Å²) in [4.78, 5) is 28.7. The molecule has 8 heteroatoms. The van der Waals surface area contributed by atoms with Crippen LogP contribution in [0, 0.1) is 6.92 Å². The number of aryl methyl sites for hydroxylation is 1. The van der Waals surface area contributed by atoms with E-state index in [1.165, 1.54) is 0 Å². The molecule has 3 aliphatic rings. The number of hydrogen-bond acceptors (Lipinski definition) is 6. The number of fused-ring (bicyclic) bond motifs is 4. The minimum Gasteiger partial charge on any atom is -0.487 e. The quantitative estimate of drug-likeness (QED) is 0.543. The lowest BCUT2D eigenvalue weighted by molar-refractivity contribution is -0.116. The van der Waals surface area contributed by atoms with Gasteiger partial charge < -0.3 is 25.2 Å². The number of pyridine rings is 1. The predicted molar refractivity (Wildman–Crippen MR) is 123 cm³/mol. The van der Waals surface area contributed by atoms with Crippen LogP contribution < -0.4 is 20.1 Å². The lowest BCUT2D eigenvalue weighted by Crippen LogP contribution is -2.30. The van der Waals surface area contributed by atoms with Crippen molar-refractivity contribution in [2.45, 2.75) is 44.4 Å². The number of amides is 2. The molecule has 6 rings (SSSR count). The van der Waals surface area contributed by atoms with Crippen molar-refractivity contribution in [2.24, 2.45) is 0 Å². The first-order valence-corrected chi connectivity index (χ1v) is 11.3. The molecule has 1 fully saturated rings. The van der Waals surface area contributed by atoms with Gasteiger partial charge in [0.25, 0.3) is 5.91 Å². The third-order valence-electron chi connectivity index (χ3n) is 6.73. The smallest absolute Gasteiger partial charge is 0.251 e. The van der Waals surface area contributed by atoms with Gasteiger partial charge in [0, 0.05) is 29.3 Å². The van der Waals surface area contributed by atoms with Crippen molar-refractivity contribution in [1.82, 2.24) is 10.3 Å². The SMILES string of the molecule is Cc1cc(C(=O)NC2C3Oc4ccc(Oc5ccnc6c5CCC(=O)N6)cc4C23)ccc1CO. The number of aliphatic hydroxyl groups is 1. The second-order valence-electron chi connectivity index (χ2n) is 8.89. The highest BCUT2D eigenvalue weighted by molar-refractivity contribution is 5.95. The van der Waals surface area contributed by atoms with Gasteiger partial charge in [-0.2, -0.15) is 0 Å². The molecule has 1 saturated carbocycles. The van der Waals surface area contributed by atoms with E-state index in [2.05, 4.69) is 15.6 Å². The van der Waals surface area contributed by atoms with Crippen molar-refractivity contribution in [1.29, 1.82) is 0 Å². The molecule has 1 aliphatic carbocycles. The third-order valence-corrected chi connectivity index (χ3v) is 6.73. The van der Waals surface area contributed by atoms with Crippen LogP contribution in [-0.4, -0.2) is 34.1 Å². The number of ether oxygens (including phenoxy) is 2. The Hall–Kier alpha value is -3.91. The number of hydrogen-bond donors (Lipinski definition) is 3. The first-order valence-electron chi connectivity index (χ1n) is 11.3. The molecule has 0 bridgehead atoms. The predicted octanol–water partition coefficient (Wildman–Crippen LogP) is 3.22.